The van der Waals surface area contributed by atoms with Gasteiger partial charge in [-0.1, -0.05) is 36.4 Å². The molecule has 1 N–H and O–H groups in total. The number of hydrogen-bond donors (Lipinski definition) is 1. The van der Waals surface area contributed by atoms with Gasteiger partial charge in [0.25, 0.3) is 0 Å². The summed E-state index contributed by atoms with van der Waals surface area (Å²) in [7, 11) is 0. The third-order valence-corrected chi connectivity index (χ3v) is 3.75. The van der Waals surface area contributed by atoms with Gasteiger partial charge in [-0.25, -0.2) is 0 Å². The van der Waals surface area contributed by atoms with Crippen molar-refractivity contribution in [3.8, 4) is 0 Å². The zero-order valence-corrected chi connectivity index (χ0v) is 8.95. The Morgan fingerprint density at radius 2 is 2.13 bits per heavy atom. The Labute approximate surface area is 91.2 Å². The molecular weight excluding hydrogens is 182 g/mol. The van der Waals surface area contributed by atoms with Crippen molar-refractivity contribution in [3.05, 3.63) is 41.5 Å². The number of allylic oxidation sites excluding steroid dienone is 1. The molecular formula is C14H17N. The number of fused-ring (bicyclic) bond motifs is 1. The Morgan fingerprint density at radius 3 is 3.00 bits per heavy atom. The molecule has 78 valence electrons. The van der Waals surface area contributed by atoms with Crippen LogP contribution in [-0.2, 0) is 0 Å². The Hall–Kier alpha value is -1.08. The van der Waals surface area contributed by atoms with Crippen molar-refractivity contribution < 1.29 is 0 Å². The first-order valence-electron chi connectivity index (χ1n) is 5.91. The van der Waals surface area contributed by atoms with Crippen molar-refractivity contribution >= 4 is 6.08 Å². The Kier molecular flexibility index (Phi) is 2.34. The van der Waals surface area contributed by atoms with Gasteiger partial charge in [0.1, 0.15) is 0 Å². The van der Waals surface area contributed by atoms with Crippen LogP contribution in [0.2, 0.25) is 0 Å². The van der Waals surface area contributed by atoms with Gasteiger partial charge in [0.2, 0.25) is 0 Å². The molecule has 1 nitrogen and oxygen atoms in total. The molecule has 3 rings (SSSR count). The Balaban J connectivity index is 1.94. The molecule has 1 heterocycles. The Bertz CT molecular complexity index is 375. The average molecular weight is 199 g/mol. The highest BCUT2D eigenvalue weighted by molar-refractivity contribution is 5.57. The van der Waals surface area contributed by atoms with Crippen molar-refractivity contribution in [3.63, 3.8) is 0 Å². The van der Waals surface area contributed by atoms with Gasteiger partial charge in [-0.05, 0) is 48.9 Å². The van der Waals surface area contributed by atoms with Crippen LogP contribution in [0.25, 0.3) is 6.08 Å². The second-order valence-corrected chi connectivity index (χ2v) is 4.63. The van der Waals surface area contributed by atoms with Crippen LogP contribution >= 0.6 is 0 Å². The zero-order valence-electron chi connectivity index (χ0n) is 8.95. The van der Waals surface area contributed by atoms with Crippen molar-refractivity contribution in [1.29, 1.82) is 0 Å². The van der Waals surface area contributed by atoms with Crippen LogP contribution in [0, 0.1) is 5.92 Å². The van der Waals surface area contributed by atoms with E-state index in [0.717, 1.165) is 11.8 Å². The predicted molar refractivity (Wildman–Crippen MR) is 63.8 cm³/mol. The van der Waals surface area contributed by atoms with E-state index in [9.17, 15) is 0 Å². The molecule has 1 aromatic carbocycles. The summed E-state index contributed by atoms with van der Waals surface area (Å²) < 4.78 is 0. The molecule has 1 heteroatoms. The minimum atomic E-state index is 0.751. The molecule has 1 fully saturated rings. The van der Waals surface area contributed by atoms with Gasteiger partial charge in [-0.2, -0.15) is 0 Å². The van der Waals surface area contributed by atoms with Crippen molar-refractivity contribution in [2.45, 2.75) is 18.8 Å². The fraction of sp³-hybridized carbons (Fsp3) is 0.429. The van der Waals surface area contributed by atoms with Crippen LogP contribution < -0.4 is 5.32 Å². The summed E-state index contributed by atoms with van der Waals surface area (Å²) >= 11 is 0. The molecule has 1 saturated heterocycles. The van der Waals surface area contributed by atoms with Gasteiger partial charge in [0.05, 0.1) is 0 Å². The number of rotatable bonds is 1. The lowest BCUT2D eigenvalue weighted by Crippen LogP contribution is -2.18. The smallest absolute Gasteiger partial charge is 0.00141 e. The van der Waals surface area contributed by atoms with E-state index < -0.39 is 0 Å². The first-order chi connectivity index (χ1) is 7.45. The quantitative estimate of drug-likeness (QED) is 0.733. The fourth-order valence-electron chi connectivity index (χ4n) is 2.94. The van der Waals surface area contributed by atoms with E-state index in [0.29, 0.717) is 0 Å². The summed E-state index contributed by atoms with van der Waals surface area (Å²) in [6, 6.07) is 8.86. The normalized spacial score (nSPS) is 29.1. The van der Waals surface area contributed by atoms with Crippen LogP contribution in [0.3, 0.4) is 0 Å². The van der Waals surface area contributed by atoms with Crippen molar-refractivity contribution in [2.24, 2.45) is 5.92 Å². The summed E-state index contributed by atoms with van der Waals surface area (Å²) in [6.07, 6.45) is 7.18. The van der Waals surface area contributed by atoms with Gasteiger partial charge in [-0.3, -0.25) is 0 Å². The van der Waals surface area contributed by atoms with Crippen LogP contribution in [0.15, 0.2) is 30.3 Å². The van der Waals surface area contributed by atoms with E-state index in [2.05, 4.69) is 41.7 Å². The molecule has 0 bridgehead atoms. The van der Waals surface area contributed by atoms with Gasteiger partial charge in [0.15, 0.2) is 0 Å². The molecule has 2 aliphatic rings. The predicted octanol–water partition coefficient (Wildman–Crippen LogP) is 2.80. The SMILES string of the molecule is C1=Cc2ccccc2C(C2CCNC2)C1. The zero-order chi connectivity index (χ0) is 10.1. The van der Waals surface area contributed by atoms with Gasteiger partial charge >= 0.3 is 0 Å². The van der Waals surface area contributed by atoms with Crippen molar-refractivity contribution in [1.82, 2.24) is 5.32 Å². The lowest BCUT2D eigenvalue weighted by atomic mass is 9.78. The largest absolute Gasteiger partial charge is 0.316 e. The topological polar surface area (TPSA) is 12.0 Å². The molecule has 0 saturated carbocycles. The second-order valence-electron chi connectivity index (χ2n) is 4.63. The number of hydrogen-bond acceptors (Lipinski definition) is 1. The van der Waals surface area contributed by atoms with Gasteiger partial charge in [0, 0.05) is 0 Å². The summed E-state index contributed by atoms with van der Waals surface area (Å²) in [4.78, 5) is 0. The molecule has 2 atom stereocenters. The molecule has 1 aliphatic heterocycles. The van der Waals surface area contributed by atoms with E-state index in [4.69, 9.17) is 0 Å². The molecule has 0 aromatic heterocycles. The molecule has 1 aliphatic carbocycles. The van der Waals surface area contributed by atoms with E-state index in [1.165, 1.54) is 31.5 Å². The van der Waals surface area contributed by atoms with Crippen molar-refractivity contribution in [2.75, 3.05) is 13.1 Å². The lowest BCUT2D eigenvalue weighted by Gasteiger charge is -2.26. The fourth-order valence-corrected chi connectivity index (χ4v) is 2.94. The Morgan fingerprint density at radius 1 is 1.20 bits per heavy atom. The maximum Gasteiger partial charge on any atom is -0.00141 e. The second kappa shape index (κ2) is 3.82. The number of benzene rings is 1. The third kappa shape index (κ3) is 1.61. The monoisotopic (exact) mass is 199 g/mol. The molecule has 0 spiro atoms. The van der Waals surface area contributed by atoms with E-state index >= 15 is 0 Å². The molecule has 15 heavy (non-hydrogen) atoms. The minimum Gasteiger partial charge on any atom is -0.316 e. The van der Waals surface area contributed by atoms with Crippen LogP contribution in [0.4, 0.5) is 0 Å². The summed E-state index contributed by atoms with van der Waals surface area (Å²) in [6.45, 7) is 2.40. The van der Waals surface area contributed by atoms with E-state index in [1.807, 2.05) is 0 Å². The standard InChI is InChI=1S/C14H17N/c1-2-6-13-11(4-1)5-3-7-14(13)12-8-9-15-10-12/h1-6,12,14-15H,7-10H2. The average Bonchev–Trinajstić information content (AvgIpc) is 2.82. The van der Waals surface area contributed by atoms with Crippen LogP contribution in [0.1, 0.15) is 29.9 Å². The first-order valence-corrected chi connectivity index (χ1v) is 5.91. The highest BCUT2D eigenvalue weighted by Gasteiger charge is 2.27. The number of nitrogens with one attached hydrogen (secondary N) is 1. The minimum absolute atomic E-state index is 0.751. The van der Waals surface area contributed by atoms with Crippen LogP contribution in [0.5, 0.6) is 0 Å². The van der Waals surface area contributed by atoms with E-state index in [1.54, 1.807) is 5.56 Å². The molecule has 0 amide bonds. The first kappa shape index (κ1) is 9.17. The summed E-state index contributed by atoms with van der Waals surface area (Å²) in [5, 5.41) is 3.48. The molecule has 0 radical (unpaired) electrons. The summed E-state index contributed by atoms with van der Waals surface area (Å²) in [5.74, 6) is 1.59. The van der Waals surface area contributed by atoms with Gasteiger partial charge < -0.3 is 5.32 Å². The highest BCUT2D eigenvalue weighted by atomic mass is 14.9. The third-order valence-electron chi connectivity index (χ3n) is 3.75. The van der Waals surface area contributed by atoms with E-state index in [-0.39, 0.29) is 0 Å². The lowest BCUT2D eigenvalue weighted by molar-refractivity contribution is 0.458. The highest BCUT2D eigenvalue weighted by Crippen LogP contribution is 2.37. The molecule has 1 aromatic rings. The maximum atomic E-state index is 3.48. The summed E-state index contributed by atoms with van der Waals surface area (Å²) in [5.41, 5.74) is 2.99. The van der Waals surface area contributed by atoms with Crippen LogP contribution in [-0.4, -0.2) is 13.1 Å². The molecule has 2 unspecified atom stereocenters. The van der Waals surface area contributed by atoms with Gasteiger partial charge in [-0.15, -0.1) is 0 Å². The maximum absolute atomic E-state index is 3.48.